The molecule has 142 valence electrons. The molecule has 0 saturated carbocycles. The second-order valence-corrected chi connectivity index (χ2v) is 6.22. The number of aryl methyl sites for hydroxylation is 1. The van der Waals surface area contributed by atoms with Crippen molar-refractivity contribution in [3.8, 4) is 11.8 Å². The van der Waals surface area contributed by atoms with Crippen molar-refractivity contribution >= 4 is 5.96 Å². The molecule has 2 rings (SSSR count). The van der Waals surface area contributed by atoms with Gasteiger partial charge < -0.3 is 15.4 Å². The number of rotatable bonds is 6. The van der Waals surface area contributed by atoms with Gasteiger partial charge in [0.1, 0.15) is 11.6 Å². The van der Waals surface area contributed by atoms with Crippen molar-refractivity contribution in [2.24, 2.45) is 4.99 Å². The normalized spacial score (nSPS) is 12.2. The lowest BCUT2D eigenvalue weighted by Crippen LogP contribution is -2.38. The molecule has 0 spiro atoms. The number of hydrogen-bond donors (Lipinski definition) is 2. The Balaban J connectivity index is 2.18. The quantitative estimate of drug-likeness (QED) is 0.601. The summed E-state index contributed by atoms with van der Waals surface area (Å²) in [4.78, 5) is 4.47. The number of guanidine groups is 1. The molecule has 1 unspecified atom stereocenters. The topological polar surface area (TPSA) is 69.4 Å². The van der Waals surface area contributed by atoms with Crippen LogP contribution in [0.2, 0.25) is 0 Å². The molecule has 0 heterocycles. The average molecular weight is 368 g/mol. The maximum absolute atomic E-state index is 14.1. The van der Waals surface area contributed by atoms with E-state index in [1.807, 2.05) is 39.0 Å². The fourth-order valence-corrected chi connectivity index (χ4v) is 2.70. The van der Waals surface area contributed by atoms with Crippen LogP contribution in [0.4, 0.5) is 4.39 Å². The molecule has 0 aliphatic heterocycles. The molecule has 2 aromatic carbocycles. The molecule has 2 N–H and O–H groups in total. The molecule has 2 aromatic rings. The van der Waals surface area contributed by atoms with Gasteiger partial charge in [-0.05, 0) is 39.0 Å². The molecule has 0 amide bonds. The minimum Gasteiger partial charge on any atom is -0.496 e. The van der Waals surface area contributed by atoms with Gasteiger partial charge in [-0.2, -0.15) is 5.26 Å². The van der Waals surface area contributed by atoms with Crippen LogP contribution >= 0.6 is 0 Å². The molecule has 27 heavy (non-hydrogen) atoms. The molecule has 0 aromatic heterocycles. The van der Waals surface area contributed by atoms with Crippen LogP contribution in [0.3, 0.4) is 0 Å². The van der Waals surface area contributed by atoms with Gasteiger partial charge in [-0.25, -0.2) is 9.38 Å². The Labute approximate surface area is 159 Å². The predicted octanol–water partition coefficient (Wildman–Crippen LogP) is 3.83. The van der Waals surface area contributed by atoms with Crippen molar-refractivity contribution < 1.29 is 9.13 Å². The van der Waals surface area contributed by atoms with E-state index in [1.165, 1.54) is 6.07 Å². The number of aliphatic imine (C=N–C) groups is 1. The lowest BCUT2D eigenvalue weighted by atomic mass is 10.0. The Morgan fingerprint density at radius 2 is 2.07 bits per heavy atom. The van der Waals surface area contributed by atoms with Crippen LogP contribution in [0, 0.1) is 24.1 Å². The smallest absolute Gasteiger partial charge is 0.192 e. The van der Waals surface area contributed by atoms with Gasteiger partial charge in [0, 0.05) is 17.7 Å². The molecular formula is C21H25FN4O. The maximum atomic E-state index is 14.1. The Morgan fingerprint density at radius 3 is 2.70 bits per heavy atom. The van der Waals surface area contributed by atoms with Gasteiger partial charge in [-0.15, -0.1) is 0 Å². The molecule has 5 nitrogen and oxygen atoms in total. The summed E-state index contributed by atoms with van der Waals surface area (Å²) in [5.41, 5.74) is 2.89. The van der Waals surface area contributed by atoms with Gasteiger partial charge in [0.25, 0.3) is 0 Å². The van der Waals surface area contributed by atoms with Gasteiger partial charge >= 0.3 is 0 Å². The molecule has 0 fully saturated rings. The van der Waals surface area contributed by atoms with Gasteiger partial charge in [0.05, 0.1) is 31.3 Å². The highest BCUT2D eigenvalue weighted by Crippen LogP contribution is 2.26. The van der Waals surface area contributed by atoms with Gasteiger partial charge in [-0.1, -0.05) is 23.8 Å². The zero-order valence-electron chi connectivity index (χ0n) is 16.1. The first-order chi connectivity index (χ1) is 13.0. The second kappa shape index (κ2) is 9.58. The number of benzene rings is 2. The van der Waals surface area contributed by atoms with Crippen molar-refractivity contribution in [2.75, 3.05) is 13.7 Å². The first-order valence-electron chi connectivity index (χ1n) is 8.86. The van der Waals surface area contributed by atoms with Crippen LogP contribution in [-0.2, 0) is 6.54 Å². The number of ether oxygens (including phenoxy) is 1. The monoisotopic (exact) mass is 368 g/mol. The van der Waals surface area contributed by atoms with E-state index in [2.05, 4.69) is 21.7 Å². The first-order valence-corrected chi connectivity index (χ1v) is 8.86. The van der Waals surface area contributed by atoms with Crippen LogP contribution in [0.5, 0.6) is 5.75 Å². The SMILES string of the molecule is CCNC(=NCc1ccc(C#N)cc1F)NC(C)c1cc(C)ccc1OC. The number of hydrogen-bond acceptors (Lipinski definition) is 3. The van der Waals surface area contributed by atoms with E-state index in [0.29, 0.717) is 23.6 Å². The number of nitrogens with one attached hydrogen (secondary N) is 2. The van der Waals surface area contributed by atoms with Gasteiger partial charge in [0.15, 0.2) is 5.96 Å². The van der Waals surface area contributed by atoms with Gasteiger partial charge in [0.2, 0.25) is 0 Å². The van der Waals surface area contributed by atoms with E-state index in [-0.39, 0.29) is 12.6 Å². The molecule has 6 heteroatoms. The summed E-state index contributed by atoms with van der Waals surface area (Å²) >= 11 is 0. The summed E-state index contributed by atoms with van der Waals surface area (Å²) in [6.07, 6.45) is 0. The zero-order chi connectivity index (χ0) is 19.8. The van der Waals surface area contributed by atoms with Crippen LogP contribution in [0.15, 0.2) is 41.4 Å². The van der Waals surface area contributed by atoms with Crippen LogP contribution in [-0.4, -0.2) is 19.6 Å². The molecule has 0 aliphatic carbocycles. The summed E-state index contributed by atoms with van der Waals surface area (Å²) in [6.45, 7) is 6.87. The van der Waals surface area contributed by atoms with Crippen LogP contribution in [0.1, 0.15) is 42.1 Å². The van der Waals surface area contributed by atoms with E-state index in [4.69, 9.17) is 10.00 Å². The van der Waals surface area contributed by atoms with Gasteiger partial charge in [-0.3, -0.25) is 0 Å². The predicted molar refractivity (Wildman–Crippen MR) is 105 cm³/mol. The van der Waals surface area contributed by atoms with Crippen molar-refractivity contribution in [1.82, 2.24) is 10.6 Å². The molecule has 1 atom stereocenters. The summed E-state index contributed by atoms with van der Waals surface area (Å²) in [5, 5.41) is 15.3. The third-order valence-corrected chi connectivity index (χ3v) is 4.14. The van der Waals surface area contributed by atoms with Crippen LogP contribution < -0.4 is 15.4 Å². The average Bonchev–Trinajstić information content (AvgIpc) is 2.66. The number of nitriles is 1. The second-order valence-electron chi connectivity index (χ2n) is 6.22. The van der Waals surface area contributed by atoms with E-state index in [0.717, 1.165) is 16.9 Å². The fourth-order valence-electron chi connectivity index (χ4n) is 2.70. The lowest BCUT2D eigenvalue weighted by Gasteiger charge is -2.20. The van der Waals surface area contributed by atoms with E-state index >= 15 is 0 Å². The third-order valence-electron chi connectivity index (χ3n) is 4.14. The minimum atomic E-state index is -0.429. The van der Waals surface area contributed by atoms with Crippen molar-refractivity contribution in [3.05, 3.63) is 64.5 Å². The summed E-state index contributed by atoms with van der Waals surface area (Å²) < 4.78 is 19.5. The summed E-state index contributed by atoms with van der Waals surface area (Å²) in [5.74, 6) is 0.953. The first kappa shape index (κ1) is 20.2. The molecule has 0 radical (unpaired) electrons. The standard InChI is InChI=1S/C21H25FN4O/c1-5-24-21(25-13-17-8-7-16(12-23)11-19(17)22)26-15(3)18-10-14(2)6-9-20(18)27-4/h6-11,15H,5,13H2,1-4H3,(H2,24,25,26). The fraction of sp³-hybridized carbons (Fsp3) is 0.333. The third kappa shape index (κ3) is 5.45. The largest absolute Gasteiger partial charge is 0.496 e. The highest BCUT2D eigenvalue weighted by molar-refractivity contribution is 5.80. The molecule has 0 aliphatic rings. The molecule has 0 bridgehead atoms. The lowest BCUT2D eigenvalue weighted by molar-refractivity contribution is 0.405. The molecular weight excluding hydrogens is 343 g/mol. The Bertz CT molecular complexity index is 858. The zero-order valence-corrected chi connectivity index (χ0v) is 16.1. The highest BCUT2D eigenvalue weighted by atomic mass is 19.1. The number of methoxy groups -OCH3 is 1. The minimum absolute atomic E-state index is 0.0524. The molecule has 0 saturated heterocycles. The number of nitrogens with zero attached hydrogens (tertiary/aromatic N) is 2. The Hall–Kier alpha value is -3.07. The highest BCUT2D eigenvalue weighted by Gasteiger charge is 2.13. The summed E-state index contributed by atoms with van der Waals surface area (Å²) in [6, 6.07) is 12.3. The van der Waals surface area contributed by atoms with Crippen molar-refractivity contribution in [2.45, 2.75) is 33.4 Å². The van der Waals surface area contributed by atoms with E-state index in [1.54, 1.807) is 19.2 Å². The van der Waals surface area contributed by atoms with Crippen molar-refractivity contribution in [1.29, 1.82) is 5.26 Å². The maximum Gasteiger partial charge on any atom is 0.192 e. The van der Waals surface area contributed by atoms with E-state index in [9.17, 15) is 4.39 Å². The van der Waals surface area contributed by atoms with Crippen molar-refractivity contribution in [3.63, 3.8) is 0 Å². The Morgan fingerprint density at radius 1 is 1.30 bits per heavy atom. The Kier molecular flexibility index (Phi) is 7.18. The number of halogens is 1. The van der Waals surface area contributed by atoms with E-state index < -0.39 is 5.82 Å². The van der Waals surface area contributed by atoms with Crippen LogP contribution in [0.25, 0.3) is 0 Å². The summed E-state index contributed by atoms with van der Waals surface area (Å²) in [7, 11) is 1.65.